The summed E-state index contributed by atoms with van der Waals surface area (Å²) in [7, 11) is 0. The van der Waals surface area contributed by atoms with Crippen molar-refractivity contribution in [1.82, 2.24) is 25.1 Å². The molecule has 0 spiro atoms. The summed E-state index contributed by atoms with van der Waals surface area (Å²) in [5, 5.41) is 10.7. The van der Waals surface area contributed by atoms with Gasteiger partial charge >= 0.3 is 0 Å². The lowest BCUT2D eigenvalue weighted by Crippen LogP contribution is -2.38. The normalized spacial score (nSPS) is 14.2. The first-order valence-electron chi connectivity index (χ1n) is 6.09. The van der Waals surface area contributed by atoms with E-state index in [4.69, 9.17) is 5.73 Å². The topological polar surface area (TPSA) is 89.9 Å². The van der Waals surface area contributed by atoms with Crippen LogP contribution in [0.4, 0.5) is 5.69 Å². The number of fused-ring (bicyclic) bond motifs is 1. The van der Waals surface area contributed by atoms with Crippen molar-refractivity contribution in [3.63, 3.8) is 0 Å². The Morgan fingerprint density at radius 1 is 1.42 bits per heavy atom. The fraction of sp³-hybridized carbons (Fsp3) is 0.333. The zero-order chi connectivity index (χ0) is 13.2. The summed E-state index contributed by atoms with van der Waals surface area (Å²) in [6.07, 6.45) is 2.23. The Hall–Kier alpha value is -2.44. The predicted octanol–water partition coefficient (Wildman–Crippen LogP) is -0.160. The second kappa shape index (κ2) is 4.68. The van der Waals surface area contributed by atoms with Gasteiger partial charge in [0, 0.05) is 18.8 Å². The van der Waals surface area contributed by atoms with Crippen LogP contribution in [0, 0.1) is 0 Å². The Morgan fingerprint density at radius 3 is 3.11 bits per heavy atom. The minimum Gasteiger partial charge on any atom is -0.398 e. The van der Waals surface area contributed by atoms with Crippen molar-refractivity contribution in [2.45, 2.75) is 19.5 Å². The highest BCUT2D eigenvalue weighted by Crippen LogP contribution is 2.24. The van der Waals surface area contributed by atoms with E-state index in [2.05, 4.69) is 15.5 Å². The van der Waals surface area contributed by atoms with Crippen molar-refractivity contribution < 1.29 is 4.79 Å². The van der Waals surface area contributed by atoms with Crippen LogP contribution in [0.5, 0.6) is 0 Å². The van der Waals surface area contributed by atoms with Crippen molar-refractivity contribution in [3.05, 3.63) is 35.7 Å². The molecule has 2 N–H and O–H groups in total. The van der Waals surface area contributed by atoms with Gasteiger partial charge in [-0.05, 0) is 34.0 Å². The molecule has 19 heavy (non-hydrogen) atoms. The van der Waals surface area contributed by atoms with Gasteiger partial charge in [-0.3, -0.25) is 4.79 Å². The molecule has 0 fully saturated rings. The molecule has 1 aliphatic rings. The number of carbonyl (C=O) groups excluding carboxylic acids is 1. The summed E-state index contributed by atoms with van der Waals surface area (Å²) >= 11 is 0. The molecule has 0 radical (unpaired) electrons. The van der Waals surface area contributed by atoms with Crippen LogP contribution in [-0.4, -0.2) is 37.6 Å². The largest absolute Gasteiger partial charge is 0.398 e. The number of nitrogen functional groups attached to an aromatic ring is 1. The standard InChI is InChI=1S/C12H14N6O/c13-11-3-1-2-9-6-17(5-4-10(9)11)12(19)7-18-8-14-15-16-18/h1-3,8H,4-7,13H2. The molecule has 0 bridgehead atoms. The molecule has 0 atom stereocenters. The summed E-state index contributed by atoms with van der Waals surface area (Å²) < 4.78 is 1.43. The molecule has 7 nitrogen and oxygen atoms in total. The maximum atomic E-state index is 12.1. The molecule has 0 saturated carbocycles. The lowest BCUT2D eigenvalue weighted by Gasteiger charge is -2.29. The number of nitrogens with two attached hydrogens (primary N) is 1. The molecule has 2 heterocycles. The Morgan fingerprint density at radius 2 is 2.32 bits per heavy atom. The lowest BCUT2D eigenvalue weighted by molar-refractivity contribution is -0.133. The minimum absolute atomic E-state index is 0.0142. The third-order valence-electron chi connectivity index (χ3n) is 3.34. The summed E-state index contributed by atoms with van der Waals surface area (Å²) in [5.41, 5.74) is 9.03. The summed E-state index contributed by atoms with van der Waals surface area (Å²) in [6, 6.07) is 5.84. The van der Waals surface area contributed by atoms with Crippen LogP contribution >= 0.6 is 0 Å². The summed E-state index contributed by atoms with van der Waals surface area (Å²) in [5.74, 6) is 0.0142. The average Bonchev–Trinajstić information content (AvgIpc) is 2.91. The Balaban J connectivity index is 1.73. The van der Waals surface area contributed by atoms with Gasteiger partial charge in [-0.15, -0.1) is 5.10 Å². The number of anilines is 1. The van der Waals surface area contributed by atoms with E-state index in [1.807, 2.05) is 23.1 Å². The molecule has 3 rings (SSSR count). The second-order valence-corrected chi connectivity index (χ2v) is 4.56. The number of hydrogen-bond donors (Lipinski definition) is 1. The van der Waals surface area contributed by atoms with Gasteiger partial charge in [-0.1, -0.05) is 12.1 Å². The quantitative estimate of drug-likeness (QED) is 0.756. The van der Waals surface area contributed by atoms with Gasteiger partial charge < -0.3 is 10.6 Å². The van der Waals surface area contributed by atoms with Gasteiger partial charge in [0.05, 0.1) is 0 Å². The van der Waals surface area contributed by atoms with Crippen LogP contribution in [0.3, 0.4) is 0 Å². The first-order chi connectivity index (χ1) is 9.24. The molecule has 1 aliphatic heterocycles. The fourth-order valence-electron chi connectivity index (χ4n) is 2.34. The van der Waals surface area contributed by atoms with Gasteiger partial charge in [0.2, 0.25) is 5.91 Å². The van der Waals surface area contributed by atoms with Crippen molar-refractivity contribution in [3.8, 4) is 0 Å². The molecular weight excluding hydrogens is 244 g/mol. The van der Waals surface area contributed by atoms with Crippen molar-refractivity contribution >= 4 is 11.6 Å². The van der Waals surface area contributed by atoms with Gasteiger partial charge in [-0.2, -0.15) is 0 Å². The molecule has 7 heteroatoms. The van der Waals surface area contributed by atoms with Gasteiger partial charge in [0.25, 0.3) is 0 Å². The molecule has 1 amide bonds. The maximum Gasteiger partial charge on any atom is 0.244 e. The monoisotopic (exact) mass is 258 g/mol. The highest BCUT2D eigenvalue weighted by atomic mass is 16.2. The number of benzene rings is 1. The number of hydrogen-bond acceptors (Lipinski definition) is 5. The van der Waals surface area contributed by atoms with Crippen LogP contribution in [-0.2, 0) is 24.3 Å². The number of nitrogens with zero attached hydrogens (tertiary/aromatic N) is 5. The zero-order valence-corrected chi connectivity index (χ0v) is 10.4. The number of amides is 1. The molecular formula is C12H14N6O. The fourth-order valence-corrected chi connectivity index (χ4v) is 2.34. The summed E-state index contributed by atoms with van der Waals surface area (Å²) in [6.45, 7) is 1.45. The zero-order valence-electron chi connectivity index (χ0n) is 10.4. The van der Waals surface area contributed by atoms with E-state index in [9.17, 15) is 4.79 Å². The van der Waals surface area contributed by atoms with Crippen molar-refractivity contribution in [2.24, 2.45) is 0 Å². The van der Waals surface area contributed by atoms with E-state index in [0.717, 1.165) is 23.2 Å². The number of aromatic nitrogens is 4. The van der Waals surface area contributed by atoms with Gasteiger partial charge in [-0.25, -0.2) is 4.68 Å². The lowest BCUT2D eigenvalue weighted by atomic mass is 9.98. The van der Waals surface area contributed by atoms with Gasteiger partial charge in [0.1, 0.15) is 12.9 Å². The van der Waals surface area contributed by atoms with Crippen LogP contribution in [0.25, 0.3) is 0 Å². The maximum absolute atomic E-state index is 12.1. The average molecular weight is 258 g/mol. The molecule has 98 valence electrons. The third kappa shape index (κ3) is 2.26. The van der Waals surface area contributed by atoms with Crippen molar-refractivity contribution in [2.75, 3.05) is 12.3 Å². The van der Waals surface area contributed by atoms with Crippen molar-refractivity contribution in [1.29, 1.82) is 0 Å². The van der Waals surface area contributed by atoms with E-state index < -0.39 is 0 Å². The van der Waals surface area contributed by atoms with E-state index in [1.165, 1.54) is 11.0 Å². The van der Waals surface area contributed by atoms with E-state index in [-0.39, 0.29) is 12.5 Å². The van der Waals surface area contributed by atoms with Crippen LogP contribution < -0.4 is 5.73 Å². The minimum atomic E-state index is 0.0142. The molecule has 0 aliphatic carbocycles. The van der Waals surface area contributed by atoms with Gasteiger partial charge in [0.15, 0.2) is 0 Å². The SMILES string of the molecule is Nc1cccc2c1CCN(C(=O)Cn1cnnn1)C2. The number of rotatable bonds is 2. The first-order valence-corrected chi connectivity index (χ1v) is 6.09. The Kier molecular flexibility index (Phi) is 2.86. The Labute approximate surface area is 110 Å². The van der Waals surface area contributed by atoms with E-state index >= 15 is 0 Å². The highest BCUT2D eigenvalue weighted by Gasteiger charge is 2.22. The third-order valence-corrected chi connectivity index (χ3v) is 3.34. The predicted molar refractivity (Wildman–Crippen MR) is 67.8 cm³/mol. The smallest absolute Gasteiger partial charge is 0.244 e. The van der Waals surface area contributed by atoms with Crippen LogP contribution in [0.15, 0.2) is 24.5 Å². The van der Waals surface area contributed by atoms with Crippen LogP contribution in [0.1, 0.15) is 11.1 Å². The Bertz CT molecular complexity index is 594. The molecule has 1 aromatic carbocycles. The number of carbonyl (C=O) groups is 1. The number of tetrazole rings is 1. The molecule has 2 aromatic rings. The molecule has 1 aromatic heterocycles. The van der Waals surface area contributed by atoms with E-state index in [1.54, 1.807) is 0 Å². The molecule has 0 unspecified atom stereocenters. The highest BCUT2D eigenvalue weighted by molar-refractivity contribution is 5.76. The first kappa shape index (κ1) is 11.6. The molecule has 0 saturated heterocycles. The summed E-state index contributed by atoms with van der Waals surface area (Å²) in [4.78, 5) is 13.9. The van der Waals surface area contributed by atoms with Crippen LogP contribution in [0.2, 0.25) is 0 Å². The second-order valence-electron chi connectivity index (χ2n) is 4.56. The van der Waals surface area contributed by atoms with E-state index in [0.29, 0.717) is 13.1 Å².